The van der Waals surface area contributed by atoms with E-state index in [9.17, 15) is 13.2 Å². The summed E-state index contributed by atoms with van der Waals surface area (Å²) in [4.78, 5) is 9.93. The highest BCUT2D eigenvalue weighted by Crippen LogP contribution is 2.28. The zero-order chi connectivity index (χ0) is 15.5. The minimum absolute atomic E-state index is 0.00554. The van der Waals surface area contributed by atoms with E-state index in [2.05, 4.69) is 20.2 Å². The van der Waals surface area contributed by atoms with Crippen LogP contribution in [0.5, 0.6) is 0 Å². The molecule has 0 aromatic carbocycles. The van der Waals surface area contributed by atoms with E-state index in [4.69, 9.17) is 0 Å². The smallest absolute Gasteiger partial charge is 0.350 e. The van der Waals surface area contributed by atoms with Crippen molar-refractivity contribution in [1.29, 1.82) is 0 Å². The Bertz CT molecular complexity index is 470. The van der Waals surface area contributed by atoms with E-state index in [1.165, 1.54) is 26.2 Å². The third-order valence-electron chi connectivity index (χ3n) is 3.50. The summed E-state index contributed by atoms with van der Waals surface area (Å²) in [6.45, 7) is 6.37. The number of hydrogen-bond acceptors (Lipinski definition) is 4. The van der Waals surface area contributed by atoms with Gasteiger partial charge in [0.2, 0.25) is 5.95 Å². The first kappa shape index (κ1) is 16.0. The Hall–Kier alpha value is -1.37. The lowest BCUT2D eigenvalue weighted by Gasteiger charge is -2.29. The first-order valence-electron chi connectivity index (χ1n) is 7.26. The van der Waals surface area contributed by atoms with Crippen LogP contribution in [0, 0.1) is 6.92 Å². The van der Waals surface area contributed by atoms with Gasteiger partial charge in [-0.2, -0.15) is 13.2 Å². The highest BCUT2D eigenvalue weighted by atomic mass is 19.4. The lowest BCUT2D eigenvalue weighted by molar-refractivity contribution is -0.141. The maximum Gasteiger partial charge on any atom is 0.433 e. The van der Waals surface area contributed by atoms with Gasteiger partial charge in [0.1, 0.15) is 5.69 Å². The first-order chi connectivity index (χ1) is 9.84. The van der Waals surface area contributed by atoms with E-state index in [-0.39, 0.29) is 12.0 Å². The zero-order valence-corrected chi connectivity index (χ0v) is 12.4. The third-order valence-corrected chi connectivity index (χ3v) is 3.50. The highest BCUT2D eigenvalue weighted by Gasteiger charge is 2.33. The van der Waals surface area contributed by atoms with Crippen molar-refractivity contribution in [2.75, 3.05) is 25.0 Å². The molecule has 0 amide bonds. The Morgan fingerprint density at radius 3 is 2.52 bits per heavy atom. The summed E-state index contributed by atoms with van der Waals surface area (Å²) in [6.07, 6.45) is -0.813. The number of halogens is 3. The molecule has 1 aromatic heterocycles. The molecule has 0 bridgehead atoms. The predicted octanol–water partition coefficient (Wildman–Crippen LogP) is 3.09. The number of piperidine rings is 1. The lowest BCUT2D eigenvalue weighted by atomic mass is 10.1. The van der Waals surface area contributed by atoms with Gasteiger partial charge in [-0.25, -0.2) is 9.97 Å². The number of nitrogens with zero attached hydrogens (tertiary/aromatic N) is 3. The zero-order valence-electron chi connectivity index (χ0n) is 12.4. The summed E-state index contributed by atoms with van der Waals surface area (Å²) < 4.78 is 38.2. The molecule has 0 radical (unpaired) electrons. The number of anilines is 1. The minimum Gasteiger partial charge on any atom is -0.350 e. The van der Waals surface area contributed by atoms with Gasteiger partial charge >= 0.3 is 6.18 Å². The normalized spacial score (nSPS) is 18.5. The molecule has 2 heterocycles. The second kappa shape index (κ2) is 6.60. The number of alkyl halides is 3. The molecule has 0 unspecified atom stereocenters. The van der Waals surface area contributed by atoms with Crippen LogP contribution in [0.4, 0.5) is 19.1 Å². The van der Waals surface area contributed by atoms with Crippen LogP contribution in [0.1, 0.15) is 37.6 Å². The standard InChI is InChI=1S/C14H21F3N4/c1-10-8-12(14(15,16)17)20-13(18-10)19-11(2)9-21-6-4-3-5-7-21/h8,11H,3-7,9H2,1-2H3,(H,18,19,20)/t11-/m0/s1. The molecule has 21 heavy (non-hydrogen) atoms. The van der Waals surface area contributed by atoms with Crippen LogP contribution in [0.3, 0.4) is 0 Å². The largest absolute Gasteiger partial charge is 0.433 e. The summed E-state index contributed by atoms with van der Waals surface area (Å²) in [5.74, 6) is 0.0480. The number of nitrogens with one attached hydrogen (secondary N) is 1. The van der Waals surface area contributed by atoms with Crippen molar-refractivity contribution in [3.63, 3.8) is 0 Å². The van der Waals surface area contributed by atoms with Crippen LogP contribution in [-0.4, -0.2) is 40.5 Å². The molecule has 2 rings (SSSR count). The van der Waals surface area contributed by atoms with E-state index in [0.717, 1.165) is 25.7 Å². The second-order valence-electron chi connectivity index (χ2n) is 5.62. The van der Waals surface area contributed by atoms with Crippen molar-refractivity contribution in [3.8, 4) is 0 Å². The summed E-state index contributed by atoms with van der Waals surface area (Å²) >= 11 is 0. The molecule has 1 aliphatic heterocycles. The predicted molar refractivity (Wildman–Crippen MR) is 75.1 cm³/mol. The van der Waals surface area contributed by atoms with Gasteiger partial charge in [-0.3, -0.25) is 0 Å². The second-order valence-corrected chi connectivity index (χ2v) is 5.62. The van der Waals surface area contributed by atoms with E-state index in [1.807, 2.05) is 6.92 Å². The van der Waals surface area contributed by atoms with Crippen LogP contribution in [0.15, 0.2) is 6.07 Å². The molecule has 0 aliphatic carbocycles. The Kier molecular flexibility index (Phi) is 5.03. The molecule has 1 aromatic rings. The SMILES string of the molecule is Cc1cc(C(F)(F)F)nc(N[C@@H](C)CN2CCCCC2)n1. The molecule has 1 saturated heterocycles. The first-order valence-corrected chi connectivity index (χ1v) is 7.26. The van der Waals surface area contributed by atoms with Gasteiger partial charge in [0.25, 0.3) is 0 Å². The van der Waals surface area contributed by atoms with Gasteiger partial charge < -0.3 is 10.2 Å². The molecule has 1 aliphatic rings. The van der Waals surface area contributed by atoms with Gasteiger partial charge in [0.05, 0.1) is 0 Å². The summed E-state index contributed by atoms with van der Waals surface area (Å²) in [5, 5.41) is 2.98. The van der Waals surface area contributed by atoms with Gasteiger partial charge in [-0.05, 0) is 45.8 Å². The fourth-order valence-electron chi connectivity index (χ4n) is 2.57. The number of likely N-dealkylation sites (tertiary alicyclic amines) is 1. The number of aryl methyl sites for hydroxylation is 1. The van der Waals surface area contributed by atoms with Crippen molar-refractivity contribution in [1.82, 2.24) is 14.9 Å². The van der Waals surface area contributed by atoms with Crippen molar-refractivity contribution in [2.24, 2.45) is 0 Å². The molecule has 0 saturated carbocycles. The molecule has 1 fully saturated rings. The van der Waals surface area contributed by atoms with Crippen LogP contribution in [-0.2, 0) is 6.18 Å². The Labute approximate surface area is 122 Å². The summed E-state index contributed by atoms with van der Waals surface area (Å²) in [5.41, 5.74) is -0.590. The summed E-state index contributed by atoms with van der Waals surface area (Å²) in [7, 11) is 0. The van der Waals surface area contributed by atoms with Crippen molar-refractivity contribution in [2.45, 2.75) is 45.3 Å². The topological polar surface area (TPSA) is 41.1 Å². The highest BCUT2D eigenvalue weighted by molar-refractivity contribution is 5.30. The van der Waals surface area contributed by atoms with Gasteiger partial charge in [0, 0.05) is 18.3 Å². The van der Waals surface area contributed by atoms with Gasteiger partial charge in [-0.15, -0.1) is 0 Å². The molecule has 0 spiro atoms. The number of rotatable bonds is 4. The van der Waals surface area contributed by atoms with Crippen LogP contribution in [0.25, 0.3) is 0 Å². The third kappa shape index (κ3) is 4.84. The Balaban J connectivity index is 1.99. The molecule has 4 nitrogen and oxygen atoms in total. The van der Waals surface area contributed by atoms with E-state index < -0.39 is 11.9 Å². The average molecular weight is 302 g/mol. The van der Waals surface area contributed by atoms with E-state index in [0.29, 0.717) is 5.69 Å². The number of hydrogen-bond donors (Lipinski definition) is 1. The van der Waals surface area contributed by atoms with Crippen molar-refractivity contribution >= 4 is 5.95 Å². The van der Waals surface area contributed by atoms with E-state index in [1.54, 1.807) is 0 Å². The Morgan fingerprint density at radius 1 is 1.24 bits per heavy atom. The van der Waals surface area contributed by atoms with Crippen molar-refractivity contribution < 1.29 is 13.2 Å². The fraction of sp³-hybridized carbons (Fsp3) is 0.714. The maximum absolute atomic E-state index is 12.7. The van der Waals surface area contributed by atoms with Crippen LogP contribution >= 0.6 is 0 Å². The number of aromatic nitrogens is 2. The molecular weight excluding hydrogens is 281 g/mol. The van der Waals surface area contributed by atoms with Gasteiger partial charge in [-0.1, -0.05) is 6.42 Å². The van der Waals surface area contributed by atoms with E-state index >= 15 is 0 Å². The monoisotopic (exact) mass is 302 g/mol. The fourth-order valence-corrected chi connectivity index (χ4v) is 2.57. The van der Waals surface area contributed by atoms with Crippen LogP contribution < -0.4 is 5.32 Å². The van der Waals surface area contributed by atoms with Crippen molar-refractivity contribution in [3.05, 3.63) is 17.5 Å². The van der Waals surface area contributed by atoms with Crippen LogP contribution in [0.2, 0.25) is 0 Å². The minimum atomic E-state index is -4.44. The van der Waals surface area contributed by atoms with Gasteiger partial charge in [0.15, 0.2) is 0 Å². The molecule has 1 N–H and O–H groups in total. The molecular formula is C14H21F3N4. The molecule has 7 heteroatoms. The Morgan fingerprint density at radius 2 is 1.90 bits per heavy atom. The molecule has 1 atom stereocenters. The maximum atomic E-state index is 12.7. The average Bonchev–Trinajstić information content (AvgIpc) is 2.37. The molecule has 118 valence electrons. The summed E-state index contributed by atoms with van der Waals surface area (Å²) in [6, 6.07) is 0.964. The quantitative estimate of drug-likeness (QED) is 0.928. The lowest BCUT2D eigenvalue weighted by Crippen LogP contribution is -2.38.